The molecule has 0 aliphatic carbocycles. The predicted octanol–water partition coefficient (Wildman–Crippen LogP) is 6.22. The molecular weight excluding hydrogens is 404 g/mol. The average molecular weight is 420 g/mol. The summed E-state index contributed by atoms with van der Waals surface area (Å²) in [5.74, 6) is 0. The van der Waals surface area contributed by atoms with Gasteiger partial charge in [0.2, 0.25) is 0 Å². The Morgan fingerprint density at radius 1 is 1.10 bits per heavy atom. The molecule has 0 aromatic heterocycles. The Morgan fingerprint density at radius 2 is 1.50 bits per heavy atom. The van der Waals surface area contributed by atoms with E-state index < -0.39 is 7.81 Å². The Morgan fingerprint density at radius 3 is 1.75 bits per heavy atom. The molecule has 0 radical (unpaired) electrons. The molecule has 1 heterocycles. The molecule has 20 heavy (non-hydrogen) atoms. The average Bonchev–Trinajstić information content (AvgIpc) is 2.57. The fraction of sp³-hybridized carbons (Fsp3) is 0.750. The van der Waals surface area contributed by atoms with Crippen LogP contribution >= 0.6 is 28.0 Å². The third kappa shape index (κ3) is 31.1. The molecule has 0 bridgehead atoms. The number of hydrogen-bond acceptors (Lipinski definition) is 2. The van der Waals surface area contributed by atoms with E-state index in [9.17, 15) is 25.2 Å². The van der Waals surface area contributed by atoms with E-state index in [-0.39, 0.29) is 0 Å². The van der Waals surface area contributed by atoms with Crippen molar-refractivity contribution in [2.75, 3.05) is 20.3 Å². The van der Waals surface area contributed by atoms with E-state index in [0.29, 0.717) is 0 Å². The quantitative estimate of drug-likeness (QED) is 0.304. The van der Waals surface area contributed by atoms with E-state index >= 15 is 0 Å². The first kappa shape index (κ1) is 22.7. The molecule has 0 N–H and O–H groups in total. The standard InChI is InChI=1S/C8H16N2.2ClH.Cu.F6P/c1-3-4-5-10-7-6-9(2)8-10;;;;1-7(2,3,4,5)6/h6-7H,3-5,8H2,1-2H3;2*1H;;/q;;;+2;-1/p-2. The first-order valence-electron chi connectivity index (χ1n) is 5.19. The van der Waals surface area contributed by atoms with Gasteiger partial charge >= 0.3 is 66.3 Å². The summed E-state index contributed by atoms with van der Waals surface area (Å²) in [5.41, 5.74) is 0. The third-order valence-electron chi connectivity index (χ3n) is 1.74. The van der Waals surface area contributed by atoms with Crippen LogP contribution in [0.2, 0.25) is 0 Å². The van der Waals surface area contributed by atoms with Crippen LogP contribution in [0.3, 0.4) is 0 Å². The molecule has 0 amide bonds. The monoisotopic (exact) mass is 418 g/mol. The summed E-state index contributed by atoms with van der Waals surface area (Å²) in [7, 11) is 0.783. The summed E-state index contributed by atoms with van der Waals surface area (Å²) in [5, 5.41) is 0. The molecule has 12 heteroatoms. The molecule has 0 aromatic rings. The van der Waals surface area contributed by atoms with Crippen LogP contribution in [0.5, 0.6) is 0 Å². The maximum atomic E-state index is 9.87. The molecule has 1 aliphatic heterocycles. The van der Waals surface area contributed by atoms with Crippen molar-refractivity contribution in [3.05, 3.63) is 12.4 Å². The Bertz CT molecular complexity index is 287. The van der Waals surface area contributed by atoms with Gasteiger partial charge in [0.15, 0.2) is 0 Å². The maximum absolute atomic E-state index is 10.7. The van der Waals surface area contributed by atoms with Gasteiger partial charge in [-0.2, -0.15) is 0 Å². The molecule has 0 spiro atoms. The first-order valence-corrected chi connectivity index (χ1v) is 9.81. The summed E-state index contributed by atoms with van der Waals surface area (Å²) in [4.78, 5) is 4.53. The van der Waals surface area contributed by atoms with E-state index in [0.717, 1.165) is 19.8 Å². The van der Waals surface area contributed by atoms with Gasteiger partial charge < -0.3 is 9.80 Å². The van der Waals surface area contributed by atoms with Crippen LogP contribution in [0.4, 0.5) is 25.2 Å². The summed E-state index contributed by atoms with van der Waals surface area (Å²) in [6.07, 6.45) is 6.87. The molecule has 0 unspecified atom stereocenters. The third-order valence-corrected chi connectivity index (χ3v) is 1.74. The van der Waals surface area contributed by atoms with Crippen molar-refractivity contribution in [3.8, 4) is 0 Å². The Balaban J connectivity index is 0. The van der Waals surface area contributed by atoms with Gasteiger partial charge in [-0.15, -0.1) is 0 Å². The van der Waals surface area contributed by atoms with Gasteiger partial charge in [-0.1, -0.05) is 13.3 Å². The van der Waals surface area contributed by atoms with Crippen LogP contribution < -0.4 is 0 Å². The molecule has 1 rings (SSSR count). The number of rotatable bonds is 3. The van der Waals surface area contributed by atoms with Crippen LogP contribution in [0.15, 0.2) is 12.4 Å². The molecule has 0 aromatic carbocycles. The predicted molar refractivity (Wildman–Crippen MR) is 68.7 cm³/mol. The first-order chi connectivity index (χ1) is 8.69. The van der Waals surface area contributed by atoms with Gasteiger partial charge in [0.25, 0.3) is 0 Å². The van der Waals surface area contributed by atoms with Gasteiger partial charge in [0.1, 0.15) is 0 Å². The number of unbranched alkanes of at least 4 members (excludes halogenated alkanes) is 1. The minimum absolute atomic E-state index is 0.757. The molecule has 2 nitrogen and oxygen atoms in total. The molecule has 1 aliphatic rings. The normalized spacial score (nSPS) is 17.7. The van der Waals surface area contributed by atoms with Gasteiger partial charge in [-0.3, -0.25) is 0 Å². The van der Waals surface area contributed by atoms with Crippen molar-refractivity contribution < 1.29 is 38.3 Å². The molecule has 0 saturated carbocycles. The van der Waals surface area contributed by atoms with E-state index in [1.165, 1.54) is 19.4 Å². The van der Waals surface area contributed by atoms with Crippen molar-refractivity contribution in [3.63, 3.8) is 0 Å². The van der Waals surface area contributed by atoms with Crippen LogP contribution in [-0.4, -0.2) is 30.1 Å². The Hall–Kier alpha value is 0.449. The SMILES string of the molecule is CCCCN1C=CN(C)C1.F[P-](F)(F)(F)(F)F.[Cl][Cu][Cl]. The second-order valence-electron chi connectivity index (χ2n) is 3.86. The van der Waals surface area contributed by atoms with Crippen molar-refractivity contribution in [1.82, 2.24) is 9.80 Å². The molecule has 0 saturated heterocycles. The van der Waals surface area contributed by atoms with Gasteiger partial charge in [-0.25, -0.2) is 0 Å². The van der Waals surface area contributed by atoms with E-state index in [4.69, 9.17) is 0 Å². The second-order valence-corrected chi connectivity index (χ2v) is 7.34. The molecule has 0 atom stereocenters. The van der Waals surface area contributed by atoms with Crippen molar-refractivity contribution >= 4 is 28.0 Å². The summed E-state index contributed by atoms with van der Waals surface area (Å²) >= 11 is 0.757. The van der Waals surface area contributed by atoms with Crippen LogP contribution in [0.1, 0.15) is 19.8 Å². The minimum atomic E-state index is -10.7. The van der Waals surface area contributed by atoms with Crippen LogP contribution in [-0.2, 0) is 13.1 Å². The fourth-order valence-corrected chi connectivity index (χ4v) is 1.10. The Labute approximate surface area is 128 Å². The summed E-state index contributed by atoms with van der Waals surface area (Å²) in [6.45, 7) is 4.50. The number of hydrogen-bond donors (Lipinski definition) is 0. The summed E-state index contributed by atoms with van der Waals surface area (Å²) < 4.78 is 59.2. The second kappa shape index (κ2) is 8.18. The van der Waals surface area contributed by atoms with Gasteiger partial charge in [0.05, 0.1) is 6.67 Å². The zero-order valence-corrected chi connectivity index (χ0v) is 14.0. The van der Waals surface area contributed by atoms with E-state index in [2.05, 4.69) is 56.4 Å². The topological polar surface area (TPSA) is 6.48 Å². The number of nitrogens with zero attached hydrogens (tertiary/aromatic N) is 2. The van der Waals surface area contributed by atoms with Gasteiger partial charge in [-0.05, 0) is 6.42 Å². The van der Waals surface area contributed by atoms with Crippen LogP contribution in [0, 0.1) is 0 Å². The van der Waals surface area contributed by atoms with E-state index in [1.54, 1.807) is 0 Å². The van der Waals surface area contributed by atoms with Crippen molar-refractivity contribution in [2.24, 2.45) is 0 Å². The zero-order valence-electron chi connectivity index (χ0n) is 10.6. The molecule has 0 fully saturated rings. The molecule has 131 valence electrons. The van der Waals surface area contributed by atoms with Crippen LogP contribution in [0.25, 0.3) is 0 Å². The Kier molecular flexibility index (Phi) is 9.29. The van der Waals surface area contributed by atoms with Gasteiger partial charge in [0, 0.05) is 26.0 Å². The molecular formula is C8H16Cl2CuF6N2P-. The summed E-state index contributed by atoms with van der Waals surface area (Å²) in [6, 6.07) is 0. The van der Waals surface area contributed by atoms with E-state index in [1.807, 2.05) is 0 Å². The fourth-order valence-electron chi connectivity index (χ4n) is 1.10. The van der Waals surface area contributed by atoms with Crippen molar-refractivity contribution in [2.45, 2.75) is 19.8 Å². The van der Waals surface area contributed by atoms with Crippen molar-refractivity contribution in [1.29, 1.82) is 0 Å². The number of halogens is 8. The zero-order chi connectivity index (χ0) is 16.5.